The molecule has 0 aromatic heterocycles. The van der Waals surface area contributed by atoms with Crippen LogP contribution in [0.3, 0.4) is 0 Å². The second kappa shape index (κ2) is 3.70. The van der Waals surface area contributed by atoms with E-state index in [0.717, 1.165) is 17.5 Å². The van der Waals surface area contributed by atoms with Crippen molar-refractivity contribution in [3.05, 3.63) is 35.4 Å². The lowest BCUT2D eigenvalue weighted by Crippen LogP contribution is -2.29. The highest BCUT2D eigenvalue weighted by atomic mass is 16.1. The van der Waals surface area contributed by atoms with Gasteiger partial charge in [0.1, 0.15) is 0 Å². The Bertz CT molecular complexity index is 426. The molecule has 0 saturated carbocycles. The maximum atomic E-state index is 12.4. The molecule has 3 rings (SSSR count). The maximum absolute atomic E-state index is 12.4. The fourth-order valence-corrected chi connectivity index (χ4v) is 3.16. The highest BCUT2D eigenvalue weighted by molar-refractivity contribution is 5.99. The van der Waals surface area contributed by atoms with Crippen LogP contribution in [0.25, 0.3) is 0 Å². The van der Waals surface area contributed by atoms with Crippen molar-refractivity contribution in [3.8, 4) is 0 Å². The molecule has 0 spiro atoms. The van der Waals surface area contributed by atoms with Crippen LogP contribution in [0.2, 0.25) is 0 Å². The van der Waals surface area contributed by atoms with Crippen LogP contribution >= 0.6 is 0 Å². The van der Waals surface area contributed by atoms with Crippen molar-refractivity contribution >= 4 is 5.78 Å². The number of ketones is 1. The molecule has 2 aliphatic heterocycles. The highest BCUT2D eigenvalue weighted by Gasteiger charge is 2.42. The van der Waals surface area contributed by atoms with Crippen LogP contribution in [0, 0.1) is 12.8 Å². The van der Waals surface area contributed by atoms with Crippen LogP contribution in [0.15, 0.2) is 24.3 Å². The number of hydrogen-bond donors (Lipinski definition) is 1. The summed E-state index contributed by atoms with van der Waals surface area (Å²) in [6.45, 7) is 2.02. The molecule has 84 valence electrons. The van der Waals surface area contributed by atoms with E-state index in [2.05, 4.69) is 5.32 Å². The van der Waals surface area contributed by atoms with Crippen LogP contribution in [0.5, 0.6) is 0 Å². The third-order valence-corrected chi connectivity index (χ3v) is 4.05. The Labute approximate surface area is 96.1 Å². The third-order valence-electron chi connectivity index (χ3n) is 4.05. The minimum absolute atomic E-state index is 0.222. The molecule has 2 saturated heterocycles. The van der Waals surface area contributed by atoms with Crippen LogP contribution < -0.4 is 5.32 Å². The van der Waals surface area contributed by atoms with Gasteiger partial charge in [0.2, 0.25) is 0 Å². The molecule has 2 bridgehead atoms. The number of hydrogen-bond acceptors (Lipinski definition) is 2. The summed E-state index contributed by atoms with van der Waals surface area (Å²) in [7, 11) is 0. The number of carbonyl (C=O) groups excluding carboxylic acids is 1. The van der Waals surface area contributed by atoms with E-state index in [1.165, 1.54) is 12.8 Å². The Kier molecular flexibility index (Phi) is 2.32. The van der Waals surface area contributed by atoms with Gasteiger partial charge in [-0.1, -0.05) is 24.3 Å². The van der Waals surface area contributed by atoms with E-state index in [0.29, 0.717) is 17.9 Å². The van der Waals surface area contributed by atoms with E-state index in [1.54, 1.807) is 0 Å². The molecule has 0 aliphatic carbocycles. The fraction of sp³-hybridized carbons (Fsp3) is 0.500. The number of rotatable bonds is 2. The van der Waals surface area contributed by atoms with Gasteiger partial charge < -0.3 is 5.32 Å². The van der Waals surface area contributed by atoms with Crippen LogP contribution in [-0.2, 0) is 0 Å². The molecule has 2 heterocycles. The Balaban J connectivity index is 1.86. The van der Waals surface area contributed by atoms with Crippen molar-refractivity contribution in [1.29, 1.82) is 0 Å². The quantitative estimate of drug-likeness (QED) is 0.767. The average molecular weight is 215 g/mol. The number of Topliss-reactive ketones (excluding diaryl/α,β-unsaturated/α-hetero) is 1. The number of aryl methyl sites for hydroxylation is 1. The molecular weight excluding hydrogens is 198 g/mol. The predicted octanol–water partition coefficient (Wildman–Crippen LogP) is 2.32. The Morgan fingerprint density at radius 2 is 2.12 bits per heavy atom. The first-order valence-corrected chi connectivity index (χ1v) is 6.11. The highest BCUT2D eigenvalue weighted by Crippen LogP contribution is 2.35. The van der Waals surface area contributed by atoms with Gasteiger partial charge in [0.25, 0.3) is 0 Å². The summed E-state index contributed by atoms with van der Waals surface area (Å²) in [4.78, 5) is 12.4. The van der Waals surface area contributed by atoms with Gasteiger partial charge in [0.15, 0.2) is 5.78 Å². The summed E-state index contributed by atoms with van der Waals surface area (Å²) in [5, 5.41) is 3.53. The van der Waals surface area contributed by atoms with E-state index < -0.39 is 0 Å². The molecule has 1 aromatic carbocycles. The topological polar surface area (TPSA) is 29.1 Å². The minimum atomic E-state index is 0.222. The Morgan fingerprint density at radius 1 is 1.31 bits per heavy atom. The molecular formula is C14H17NO. The second-order valence-electron chi connectivity index (χ2n) is 5.07. The van der Waals surface area contributed by atoms with E-state index in [1.807, 2.05) is 31.2 Å². The molecule has 2 fully saturated rings. The minimum Gasteiger partial charge on any atom is -0.310 e. The number of nitrogens with one attached hydrogen (secondary N) is 1. The van der Waals surface area contributed by atoms with Gasteiger partial charge in [-0.25, -0.2) is 0 Å². The van der Waals surface area contributed by atoms with Gasteiger partial charge in [-0.2, -0.15) is 0 Å². The molecule has 1 aromatic rings. The van der Waals surface area contributed by atoms with Crippen molar-refractivity contribution in [1.82, 2.24) is 5.32 Å². The lowest BCUT2D eigenvalue weighted by molar-refractivity contribution is 0.0900. The van der Waals surface area contributed by atoms with Crippen LogP contribution in [0.1, 0.15) is 35.2 Å². The smallest absolute Gasteiger partial charge is 0.167 e. The van der Waals surface area contributed by atoms with Gasteiger partial charge in [-0.3, -0.25) is 4.79 Å². The van der Waals surface area contributed by atoms with Crippen molar-refractivity contribution in [2.75, 3.05) is 0 Å². The first-order valence-electron chi connectivity index (χ1n) is 6.11. The van der Waals surface area contributed by atoms with E-state index in [-0.39, 0.29) is 5.92 Å². The number of fused-ring (bicyclic) bond motifs is 2. The molecule has 0 radical (unpaired) electrons. The summed E-state index contributed by atoms with van der Waals surface area (Å²) in [5.74, 6) is 0.567. The Morgan fingerprint density at radius 3 is 2.75 bits per heavy atom. The van der Waals surface area contributed by atoms with Gasteiger partial charge in [-0.15, -0.1) is 0 Å². The third kappa shape index (κ3) is 1.49. The maximum Gasteiger partial charge on any atom is 0.167 e. The second-order valence-corrected chi connectivity index (χ2v) is 5.07. The van der Waals surface area contributed by atoms with Crippen molar-refractivity contribution in [3.63, 3.8) is 0 Å². The molecule has 2 nitrogen and oxygen atoms in total. The molecule has 2 aliphatic rings. The van der Waals surface area contributed by atoms with Gasteiger partial charge in [0.05, 0.1) is 0 Å². The van der Waals surface area contributed by atoms with E-state index >= 15 is 0 Å². The van der Waals surface area contributed by atoms with E-state index in [9.17, 15) is 4.79 Å². The largest absolute Gasteiger partial charge is 0.310 e. The summed E-state index contributed by atoms with van der Waals surface area (Å²) >= 11 is 0. The summed E-state index contributed by atoms with van der Waals surface area (Å²) in [6.07, 6.45) is 3.47. The molecule has 1 N–H and O–H groups in total. The summed E-state index contributed by atoms with van der Waals surface area (Å²) in [5.41, 5.74) is 2.03. The van der Waals surface area contributed by atoms with Crippen LogP contribution in [0.4, 0.5) is 0 Å². The predicted molar refractivity (Wildman–Crippen MR) is 63.6 cm³/mol. The van der Waals surface area contributed by atoms with E-state index in [4.69, 9.17) is 0 Å². The molecule has 3 unspecified atom stereocenters. The number of carbonyl (C=O) groups is 1. The zero-order valence-electron chi connectivity index (χ0n) is 9.57. The van der Waals surface area contributed by atoms with Crippen molar-refractivity contribution in [2.45, 2.75) is 38.3 Å². The first-order chi connectivity index (χ1) is 7.75. The molecule has 3 atom stereocenters. The van der Waals surface area contributed by atoms with Gasteiger partial charge >= 0.3 is 0 Å². The van der Waals surface area contributed by atoms with Gasteiger partial charge in [0, 0.05) is 23.6 Å². The average Bonchev–Trinajstić information content (AvgIpc) is 2.90. The van der Waals surface area contributed by atoms with Gasteiger partial charge in [-0.05, 0) is 31.7 Å². The Hall–Kier alpha value is -1.15. The van der Waals surface area contributed by atoms with Crippen molar-refractivity contribution < 1.29 is 4.79 Å². The first kappa shape index (κ1) is 10.0. The zero-order chi connectivity index (χ0) is 11.1. The van der Waals surface area contributed by atoms with Crippen molar-refractivity contribution in [2.24, 2.45) is 5.92 Å². The molecule has 16 heavy (non-hydrogen) atoms. The summed E-state index contributed by atoms with van der Waals surface area (Å²) < 4.78 is 0. The zero-order valence-corrected chi connectivity index (χ0v) is 9.57. The summed E-state index contributed by atoms with van der Waals surface area (Å²) in [6, 6.07) is 8.98. The monoisotopic (exact) mass is 215 g/mol. The SMILES string of the molecule is Cc1ccccc1C(=O)C1CC2CCC1N2. The fourth-order valence-electron chi connectivity index (χ4n) is 3.16. The number of benzene rings is 1. The van der Waals surface area contributed by atoms with Crippen LogP contribution in [-0.4, -0.2) is 17.9 Å². The molecule has 2 heteroatoms. The lowest BCUT2D eigenvalue weighted by atomic mass is 9.83. The lowest BCUT2D eigenvalue weighted by Gasteiger charge is -2.19. The molecule has 0 amide bonds. The standard InChI is InChI=1S/C14H17NO/c1-9-4-2-3-5-11(9)14(16)12-8-10-6-7-13(12)15-10/h2-5,10,12-13,15H,6-8H2,1H3. The normalized spacial score (nSPS) is 31.9.